The molecule has 1 aromatic heterocycles. The van der Waals surface area contributed by atoms with Crippen LogP contribution in [0.15, 0.2) is 54.7 Å². The molecule has 2 aromatic carbocycles. The van der Waals surface area contributed by atoms with Crippen LogP contribution in [-0.2, 0) is 16.0 Å². The zero-order valence-corrected chi connectivity index (χ0v) is 15.7. The first-order chi connectivity index (χ1) is 13.0. The van der Waals surface area contributed by atoms with Crippen molar-refractivity contribution in [2.24, 2.45) is 0 Å². The van der Waals surface area contributed by atoms with Crippen LogP contribution < -0.4 is 5.32 Å². The molecule has 0 bridgehead atoms. The molecule has 1 amide bonds. The molecule has 27 heavy (non-hydrogen) atoms. The molecule has 5 nitrogen and oxygen atoms in total. The van der Waals surface area contributed by atoms with Crippen LogP contribution >= 0.6 is 0 Å². The third-order valence-electron chi connectivity index (χ3n) is 4.70. The number of aromatic nitrogens is 1. The maximum atomic E-state index is 12.9. The lowest BCUT2D eigenvalue weighted by Gasteiger charge is -2.18. The Hall–Kier alpha value is -3.21. The number of hydrogen-bond acceptors (Lipinski definition) is 4. The molecule has 0 radical (unpaired) electrons. The van der Waals surface area contributed by atoms with Gasteiger partial charge in [-0.15, -0.1) is 0 Å². The van der Waals surface area contributed by atoms with Crippen LogP contribution in [-0.4, -0.2) is 30.0 Å². The number of methoxy groups -OCH3 is 1. The highest BCUT2D eigenvalue weighted by atomic mass is 16.5. The summed E-state index contributed by atoms with van der Waals surface area (Å²) in [5, 5.41) is 3.56. The van der Waals surface area contributed by atoms with E-state index < -0.39 is 12.0 Å². The van der Waals surface area contributed by atoms with Crippen molar-refractivity contribution in [3.05, 3.63) is 77.0 Å². The Morgan fingerprint density at radius 3 is 2.59 bits per heavy atom. The van der Waals surface area contributed by atoms with Gasteiger partial charge in [-0.25, -0.2) is 4.79 Å². The number of rotatable bonds is 5. The number of pyridine rings is 1. The van der Waals surface area contributed by atoms with Crippen LogP contribution in [0.2, 0.25) is 0 Å². The molecule has 0 aliphatic carbocycles. The fraction of sp³-hybridized carbons (Fsp3) is 0.227. The van der Waals surface area contributed by atoms with Crippen molar-refractivity contribution in [2.75, 3.05) is 7.11 Å². The van der Waals surface area contributed by atoms with Crippen LogP contribution in [0, 0.1) is 13.8 Å². The Kier molecular flexibility index (Phi) is 5.50. The lowest BCUT2D eigenvalue weighted by atomic mass is 10.0. The Morgan fingerprint density at radius 2 is 1.85 bits per heavy atom. The number of nitrogens with zero attached hydrogens (tertiary/aromatic N) is 1. The first-order valence-corrected chi connectivity index (χ1v) is 8.78. The lowest BCUT2D eigenvalue weighted by molar-refractivity contribution is -0.142. The van der Waals surface area contributed by atoms with Crippen molar-refractivity contribution in [3.63, 3.8) is 0 Å². The molecule has 3 aromatic rings. The lowest BCUT2D eigenvalue weighted by Crippen LogP contribution is -2.43. The predicted molar refractivity (Wildman–Crippen MR) is 105 cm³/mol. The number of carbonyl (C=O) groups excluding carboxylic acids is 2. The van der Waals surface area contributed by atoms with Crippen molar-refractivity contribution < 1.29 is 14.3 Å². The largest absolute Gasteiger partial charge is 0.467 e. The quantitative estimate of drug-likeness (QED) is 0.707. The summed E-state index contributed by atoms with van der Waals surface area (Å²) in [4.78, 5) is 29.4. The van der Waals surface area contributed by atoms with Crippen molar-refractivity contribution >= 4 is 22.8 Å². The normalized spacial score (nSPS) is 11.8. The molecule has 1 atom stereocenters. The van der Waals surface area contributed by atoms with Crippen LogP contribution in [0.25, 0.3) is 10.9 Å². The zero-order chi connectivity index (χ0) is 19.4. The molecule has 0 saturated carbocycles. The second kappa shape index (κ2) is 7.99. The van der Waals surface area contributed by atoms with Gasteiger partial charge in [0.05, 0.1) is 18.2 Å². The standard InChI is InChI=1S/C22H22N2O3/c1-14-8-9-16(12-15(14)2)13-20(22(26)27-3)24-21(25)18-10-11-23-19-7-5-4-6-17(18)19/h4-12,20H,13H2,1-3H3,(H,24,25)/t20-/m1/s1. The summed E-state index contributed by atoms with van der Waals surface area (Å²) in [6.45, 7) is 4.06. The Balaban J connectivity index is 1.86. The predicted octanol–water partition coefficient (Wildman–Crippen LogP) is 3.37. The highest BCUT2D eigenvalue weighted by Crippen LogP contribution is 2.17. The van der Waals surface area contributed by atoms with Gasteiger partial charge in [0.1, 0.15) is 6.04 Å². The number of fused-ring (bicyclic) bond motifs is 1. The number of nitrogens with one attached hydrogen (secondary N) is 1. The first kappa shape index (κ1) is 18.6. The van der Waals surface area contributed by atoms with Gasteiger partial charge in [-0.2, -0.15) is 0 Å². The van der Waals surface area contributed by atoms with Gasteiger partial charge in [0.2, 0.25) is 0 Å². The summed E-state index contributed by atoms with van der Waals surface area (Å²) >= 11 is 0. The fourth-order valence-electron chi connectivity index (χ4n) is 3.03. The minimum Gasteiger partial charge on any atom is -0.467 e. The van der Waals surface area contributed by atoms with Gasteiger partial charge in [-0.05, 0) is 42.7 Å². The first-order valence-electron chi connectivity index (χ1n) is 8.78. The van der Waals surface area contributed by atoms with Gasteiger partial charge in [0.25, 0.3) is 5.91 Å². The highest BCUT2D eigenvalue weighted by molar-refractivity contribution is 6.07. The molecule has 1 N–H and O–H groups in total. The van der Waals surface area contributed by atoms with Gasteiger partial charge >= 0.3 is 5.97 Å². The maximum Gasteiger partial charge on any atom is 0.328 e. The third kappa shape index (κ3) is 4.14. The highest BCUT2D eigenvalue weighted by Gasteiger charge is 2.23. The molecule has 3 rings (SSSR count). The van der Waals surface area contributed by atoms with E-state index in [0.29, 0.717) is 12.0 Å². The molecule has 138 valence electrons. The summed E-state index contributed by atoms with van der Waals surface area (Å²) in [5.74, 6) is -0.798. The maximum absolute atomic E-state index is 12.9. The summed E-state index contributed by atoms with van der Waals surface area (Å²) in [5.41, 5.74) is 4.50. The minimum atomic E-state index is -0.767. The number of para-hydroxylation sites is 1. The minimum absolute atomic E-state index is 0.326. The fourth-order valence-corrected chi connectivity index (χ4v) is 3.03. The molecular formula is C22H22N2O3. The van der Waals surface area contributed by atoms with Crippen molar-refractivity contribution in [1.82, 2.24) is 10.3 Å². The van der Waals surface area contributed by atoms with E-state index in [4.69, 9.17) is 4.74 Å². The molecule has 0 saturated heterocycles. The molecule has 5 heteroatoms. The SMILES string of the molecule is COC(=O)[C@@H](Cc1ccc(C)c(C)c1)NC(=O)c1ccnc2ccccc12. The second-order valence-electron chi connectivity index (χ2n) is 6.55. The van der Waals surface area contributed by atoms with Crippen LogP contribution in [0.5, 0.6) is 0 Å². The molecule has 0 spiro atoms. The van der Waals surface area contributed by atoms with E-state index in [0.717, 1.165) is 22.0 Å². The Labute approximate surface area is 158 Å². The van der Waals surface area contributed by atoms with Crippen molar-refractivity contribution in [2.45, 2.75) is 26.3 Å². The van der Waals surface area contributed by atoms with Crippen LogP contribution in [0.1, 0.15) is 27.0 Å². The van der Waals surface area contributed by atoms with Crippen LogP contribution in [0.4, 0.5) is 0 Å². The smallest absolute Gasteiger partial charge is 0.328 e. The summed E-state index contributed by atoms with van der Waals surface area (Å²) < 4.78 is 4.90. The summed E-state index contributed by atoms with van der Waals surface area (Å²) in [6, 6.07) is 14.3. The van der Waals surface area contributed by atoms with Gasteiger partial charge in [-0.1, -0.05) is 36.4 Å². The van der Waals surface area contributed by atoms with E-state index in [1.165, 1.54) is 12.7 Å². The van der Waals surface area contributed by atoms with E-state index >= 15 is 0 Å². The molecule has 0 fully saturated rings. The number of ether oxygens (including phenoxy) is 1. The second-order valence-corrected chi connectivity index (χ2v) is 6.55. The third-order valence-corrected chi connectivity index (χ3v) is 4.70. The number of esters is 1. The van der Waals surface area contributed by atoms with Crippen LogP contribution in [0.3, 0.4) is 0 Å². The Morgan fingerprint density at radius 1 is 1.07 bits per heavy atom. The van der Waals surface area contributed by atoms with E-state index in [-0.39, 0.29) is 5.91 Å². The average molecular weight is 362 g/mol. The molecule has 0 unspecified atom stereocenters. The molecule has 0 aliphatic heterocycles. The number of hydrogen-bond donors (Lipinski definition) is 1. The number of amides is 1. The van der Waals surface area contributed by atoms with Crippen molar-refractivity contribution in [3.8, 4) is 0 Å². The topological polar surface area (TPSA) is 68.3 Å². The summed E-state index contributed by atoms with van der Waals surface area (Å²) in [6.07, 6.45) is 1.95. The molecule has 1 heterocycles. The van der Waals surface area contributed by atoms with E-state index in [9.17, 15) is 9.59 Å². The average Bonchev–Trinajstić information content (AvgIpc) is 2.69. The number of benzene rings is 2. The number of carbonyl (C=O) groups is 2. The molecular weight excluding hydrogens is 340 g/mol. The van der Waals surface area contributed by atoms with Gasteiger partial charge in [0, 0.05) is 18.0 Å². The van der Waals surface area contributed by atoms with E-state index in [1.54, 1.807) is 12.3 Å². The summed E-state index contributed by atoms with van der Waals surface area (Å²) in [7, 11) is 1.32. The van der Waals surface area contributed by atoms with Gasteiger partial charge in [-0.3, -0.25) is 9.78 Å². The van der Waals surface area contributed by atoms with E-state index in [2.05, 4.69) is 10.3 Å². The zero-order valence-electron chi connectivity index (χ0n) is 15.7. The van der Waals surface area contributed by atoms with Gasteiger partial charge in [0.15, 0.2) is 0 Å². The molecule has 0 aliphatic rings. The van der Waals surface area contributed by atoms with Crippen molar-refractivity contribution in [1.29, 1.82) is 0 Å². The number of aryl methyl sites for hydroxylation is 2. The van der Waals surface area contributed by atoms with Gasteiger partial charge < -0.3 is 10.1 Å². The monoisotopic (exact) mass is 362 g/mol. The Bertz CT molecular complexity index is 993. The van der Waals surface area contributed by atoms with E-state index in [1.807, 2.05) is 56.3 Å².